The highest BCUT2D eigenvalue weighted by molar-refractivity contribution is 7.91. The largest absolute Gasteiger partial charge is 0.224 e. The van der Waals surface area contributed by atoms with Crippen molar-refractivity contribution >= 4 is 9.84 Å². The minimum atomic E-state index is -3.28. The van der Waals surface area contributed by atoms with Crippen molar-refractivity contribution in [2.24, 2.45) is 0 Å². The zero-order chi connectivity index (χ0) is 11.5. The topological polar surface area (TPSA) is 57.9 Å². The standard InChI is InChI=1S/C11H13NO2S/c1-9-4-5-11(8-10(9)2)15(13,14)7-3-6-12/h4-5,8H,3,7H2,1-2H3. The molecule has 0 aromatic heterocycles. The fourth-order valence-corrected chi connectivity index (χ4v) is 2.43. The smallest absolute Gasteiger partial charge is 0.179 e. The Kier molecular flexibility index (Phi) is 3.48. The minimum absolute atomic E-state index is 0.0370. The molecule has 0 N–H and O–H groups in total. The minimum Gasteiger partial charge on any atom is -0.224 e. The molecule has 0 saturated carbocycles. The van der Waals surface area contributed by atoms with E-state index in [1.165, 1.54) is 0 Å². The first kappa shape index (κ1) is 11.7. The Balaban J connectivity index is 3.07. The molecule has 0 aliphatic rings. The predicted octanol–water partition coefficient (Wildman–Crippen LogP) is 1.99. The van der Waals surface area contributed by atoms with Crippen LogP contribution in [0, 0.1) is 25.2 Å². The molecule has 0 aliphatic carbocycles. The summed E-state index contributed by atoms with van der Waals surface area (Å²) >= 11 is 0. The first-order valence-corrected chi connectivity index (χ1v) is 6.29. The summed E-state index contributed by atoms with van der Waals surface area (Å²) in [6.45, 7) is 3.81. The quantitative estimate of drug-likeness (QED) is 0.787. The maximum absolute atomic E-state index is 11.7. The first-order chi connectivity index (χ1) is 6.97. The van der Waals surface area contributed by atoms with Crippen LogP contribution in [0.5, 0.6) is 0 Å². The zero-order valence-corrected chi connectivity index (χ0v) is 9.63. The van der Waals surface area contributed by atoms with E-state index in [4.69, 9.17) is 5.26 Å². The van der Waals surface area contributed by atoms with Gasteiger partial charge in [0.25, 0.3) is 0 Å². The molecule has 0 aliphatic heterocycles. The lowest BCUT2D eigenvalue weighted by molar-refractivity contribution is 0.596. The van der Waals surface area contributed by atoms with Gasteiger partial charge in [0.1, 0.15) is 0 Å². The fourth-order valence-electron chi connectivity index (χ4n) is 1.21. The molecule has 0 atom stereocenters. The lowest BCUT2D eigenvalue weighted by Gasteiger charge is -2.05. The van der Waals surface area contributed by atoms with Crippen molar-refractivity contribution in [1.29, 1.82) is 5.26 Å². The number of nitrogens with zero attached hydrogens (tertiary/aromatic N) is 1. The van der Waals surface area contributed by atoms with E-state index in [1.807, 2.05) is 19.9 Å². The summed E-state index contributed by atoms with van der Waals surface area (Å²) in [5.41, 5.74) is 2.02. The van der Waals surface area contributed by atoms with Crippen molar-refractivity contribution in [3.63, 3.8) is 0 Å². The van der Waals surface area contributed by atoms with Crippen molar-refractivity contribution in [3.05, 3.63) is 29.3 Å². The molecule has 80 valence electrons. The molecule has 3 nitrogen and oxygen atoms in total. The Morgan fingerprint density at radius 3 is 2.47 bits per heavy atom. The van der Waals surface area contributed by atoms with Gasteiger partial charge < -0.3 is 0 Å². The third kappa shape index (κ3) is 2.80. The number of benzene rings is 1. The Hall–Kier alpha value is -1.34. The van der Waals surface area contributed by atoms with Crippen molar-refractivity contribution in [2.45, 2.75) is 25.2 Å². The lowest BCUT2D eigenvalue weighted by Crippen LogP contribution is -2.06. The maximum Gasteiger partial charge on any atom is 0.179 e. The summed E-state index contributed by atoms with van der Waals surface area (Å²) in [5, 5.41) is 8.36. The van der Waals surface area contributed by atoms with Crippen LogP contribution in [0.2, 0.25) is 0 Å². The Morgan fingerprint density at radius 2 is 1.93 bits per heavy atom. The highest BCUT2D eigenvalue weighted by atomic mass is 32.2. The third-order valence-corrected chi connectivity index (χ3v) is 4.03. The van der Waals surface area contributed by atoms with Crippen LogP contribution in [0.15, 0.2) is 23.1 Å². The normalized spacial score (nSPS) is 11.0. The third-order valence-electron chi connectivity index (χ3n) is 2.32. The van der Waals surface area contributed by atoms with Crippen LogP contribution in [0.1, 0.15) is 17.5 Å². The number of aryl methyl sites for hydroxylation is 2. The molecule has 0 fully saturated rings. The lowest BCUT2D eigenvalue weighted by atomic mass is 10.1. The van der Waals surface area contributed by atoms with Crippen molar-refractivity contribution in [1.82, 2.24) is 0 Å². The van der Waals surface area contributed by atoms with E-state index >= 15 is 0 Å². The van der Waals surface area contributed by atoms with Gasteiger partial charge in [-0.1, -0.05) is 6.07 Å². The second kappa shape index (κ2) is 4.45. The number of hydrogen-bond acceptors (Lipinski definition) is 3. The monoisotopic (exact) mass is 223 g/mol. The van der Waals surface area contributed by atoms with Gasteiger partial charge in [0.15, 0.2) is 9.84 Å². The summed E-state index contributed by atoms with van der Waals surface area (Å²) < 4.78 is 23.4. The molecule has 1 rings (SSSR count). The molecule has 0 amide bonds. The van der Waals surface area contributed by atoms with Crippen LogP contribution in [-0.4, -0.2) is 14.2 Å². The highest BCUT2D eigenvalue weighted by Gasteiger charge is 2.14. The highest BCUT2D eigenvalue weighted by Crippen LogP contribution is 2.16. The molecule has 1 aromatic carbocycles. The van der Waals surface area contributed by atoms with Crippen LogP contribution in [0.3, 0.4) is 0 Å². The van der Waals surface area contributed by atoms with E-state index in [0.717, 1.165) is 11.1 Å². The Morgan fingerprint density at radius 1 is 1.27 bits per heavy atom. The average molecular weight is 223 g/mol. The van der Waals surface area contributed by atoms with Crippen molar-refractivity contribution in [2.75, 3.05) is 5.75 Å². The van der Waals surface area contributed by atoms with Crippen LogP contribution < -0.4 is 0 Å². The van der Waals surface area contributed by atoms with Gasteiger partial charge in [0.05, 0.1) is 16.7 Å². The molecule has 0 saturated heterocycles. The molecule has 0 bridgehead atoms. The average Bonchev–Trinajstić information content (AvgIpc) is 2.19. The van der Waals surface area contributed by atoms with Gasteiger partial charge in [0.2, 0.25) is 0 Å². The van der Waals surface area contributed by atoms with E-state index in [2.05, 4.69) is 0 Å². The van der Waals surface area contributed by atoms with Crippen molar-refractivity contribution < 1.29 is 8.42 Å². The molecular formula is C11H13NO2S. The Bertz CT molecular complexity index is 498. The second-order valence-electron chi connectivity index (χ2n) is 3.47. The first-order valence-electron chi connectivity index (χ1n) is 4.64. The van der Waals surface area contributed by atoms with E-state index in [0.29, 0.717) is 4.90 Å². The van der Waals surface area contributed by atoms with Crippen LogP contribution in [0.4, 0.5) is 0 Å². The number of nitriles is 1. The molecule has 0 unspecified atom stereocenters. The summed E-state index contributed by atoms with van der Waals surface area (Å²) in [7, 11) is -3.28. The van der Waals surface area contributed by atoms with Gasteiger partial charge in [0, 0.05) is 6.42 Å². The molecule has 1 aromatic rings. The number of rotatable bonds is 3. The van der Waals surface area contributed by atoms with Gasteiger partial charge in [-0.2, -0.15) is 5.26 Å². The van der Waals surface area contributed by atoms with E-state index in [9.17, 15) is 8.42 Å². The van der Waals surface area contributed by atoms with E-state index < -0.39 is 9.84 Å². The van der Waals surface area contributed by atoms with Crippen LogP contribution in [0.25, 0.3) is 0 Å². The maximum atomic E-state index is 11.7. The molecule has 15 heavy (non-hydrogen) atoms. The zero-order valence-electron chi connectivity index (χ0n) is 8.82. The number of hydrogen-bond donors (Lipinski definition) is 0. The summed E-state index contributed by atoms with van der Waals surface area (Å²) in [5.74, 6) is -0.105. The molecular weight excluding hydrogens is 210 g/mol. The van der Waals surface area contributed by atoms with Crippen molar-refractivity contribution in [3.8, 4) is 6.07 Å². The molecule has 0 radical (unpaired) electrons. The predicted molar refractivity (Wildman–Crippen MR) is 58.2 cm³/mol. The molecule has 0 heterocycles. The fraction of sp³-hybridized carbons (Fsp3) is 0.364. The van der Waals surface area contributed by atoms with Crippen LogP contribution >= 0.6 is 0 Å². The van der Waals surface area contributed by atoms with Gasteiger partial charge in [-0.15, -0.1) is 0 Å². The summed E-state index contributed by atoms with van der Waals surface area (Å²) in [6, 6.07) is 6.87. The van der Waals surface area contributed by atoms with E-state index in [-0.39, 0.29) is 12.2 Å². The summed E-state index contributed by atoms with van der Waals surface area (Å²) in [6.07, 6.45) is 0.0370. The van der Waals surface area contributed by atoms with Gasteiger partial charge >= 0.3 is 0 Å². The van der Waals surface area contributed by atoms with Gasteiger partial charge in [-0.05, 0) is 37.1 Å². The van der Waals surface area contributed by atoms with Crippen LogP contribution in [-0.2, 0) is 9.84 Å². The van der Waals surface area contributed by atoms with Gasteiger partial charge in [-0.3, -0.25) is 0 Å². The molecule has 0 spiro atoms. The summed E-state index contributed by atoms with van der Waals surface area (Å²) in [4.78, 5) is 0.306. The van der Waals surface area contributed by atoms with Gasteiger partial charge in [-0.25, -0.2) is 8.42 Å². The Labute approximate surface area is 90.3 Å². The SMILES string of the molecule is Cc1ccc(S(=O)(=O)CCC#N)cc1C. The van der Waals surface area contributed by atoms with E-state index in [1.54, 1.807) is 18.2 Å². The number of sulfone groups is 1. The second-order valence-corrected chi connectivity index (χ2v) is 5.58. The molecule has 4 heteroatoms.